The van der Waals surface area contributed by atoms with Crippen LogP contribution in [0.5, 0.6) is 5.75 Å². The molecular formula is C24H24N2O14. The molecule has 1 heterocycles. The van der Waals surface area contributed by atoms with Gasteiger partial charge in [0.15, 0.2) is 12.2 Å². The van der Waals surface area contributed by atoms with Gasteiger partial charge >= 0.3 is 29.6 Å². The Bertz CT molecular complexity index is 1360. The highest BCUT2D eigenvalue weighted by Crippen LogP contribution is 2.43. The lowest BCUT2D eigenvalue weighted by molar-refractivity contribution is -0.394. The Morgan fingerprint density at radius 2 is 1.30 bits per heavy atom. The van der Waals surface area contributed by atoms with Gasteiger partial charge in [0.05, 0.1) is 21.3 Å². The van der Waals surface area contributed by atoms with Gasteiger partial charge in [0.25, 0.3) is 5.69 Å². The first kappa shape index (κ1) is 29.7. The third-order valence-corrected chi connectivity index (χ3v) is 5.53. The number of hydrogen-bond acceptors (Lipinski definition) is 14. The second-order valence-electron chi connectivity index (χ2n) is 8.49. The summed E-state index contributed by atoms with van der Waals surface area (Å²) in [7, 11) is 0. The van der Waals surface area contributed by atoms with Gasteiger partial charge in [-0.2, -0.15) is 0 Å². The number of hydrogen-bond donors (Lipinski definition) is 0. The van der Waals surface area contributed by atoms with Gasteiger partial charge in [0.2, 0.25) is 18.1 Å². The van der Waals surface area contributed by atoms with E-state index < -0.39 is 88.2 Å². The first-order chi connectivity index (χ1) is 18.8. The smallest absolute Gasteiger partial charge is 0.318 e. The molecule has 1 aliphatic heterocycles. The number of nitro benzene ring substituents is 2. The van der Waals surface area contributed by atoms with Crippen molar-refractivity contribution in [2.45, 2.75) is 58.4 Å². The normalized spacial score (nSPS) is 22.1. The van der Waals surface area contributed by atoms with Crippen LogP contribution in [0, 0.1) is 20.2 Å². The van der Waals surface area contributed by atoms with Crippen molar-refractivity contribution in [3.05, 3.63) is 50.6 Å². The van der Waals surface area contributed by atoms with Crippen LogP contribution in [0.3, 0.4) is 0 Å². The predicted octanol–water partition coefficient (Wildman–Crippen LogP) is 2.12. The maximum Gasteiger partial charge on any atom is 0.318 e. The van der Waals surface area contributed by atoms with E-state index in [4.69, 9.17) is 28.4 Å². The standard InChI is InChI=1S/C24H24N2O14/c1-11(27)35-10-19-21(36-12(2)28)22(37-13(3)29)23(38-14(4)30)24(39-19)40-20-16-8-6-5-7-15(16)17(25(31)32)9-18(20)26(33)34/h5-9,19,21-24H,10H2,1-4H3. The molecular weight excluding hydrogens is 540 g/mol. The van der Waals surface area contributed by atoms with Crippen molar-refractivity contribution in [3.63, 3.8) is 0 Å². The molecule has 0 radical (unpaired) electrons. The number of non-ortho nitro benzene ring substituents is 1. The van der Waals surface area contributed by atoms with Gasteiger partial charge in [-0.25, -0.2) is 0 Å². The van der Waals surface area contributed by atoms with E-state index in [0.29, 0.717) is 6.07 Å². The van der Waals surface area contributed by atoms with Crippen LogP contribution in [0.25, 0.3) is 10.8 Å². The molecule has 5 unspecified atom stereocenters. The Balaban J connectivity index is 2.21. The third-order valence-electron chi connectivity index (χ3n) is 5.53. The van der Waals surface area contributed by atoms with Crippen LogP contribution in [-0.4, -0.2) is 71.0 Å². The zero-order chi connectivity index (χ0) is 29.7. The minimum absolute atomic E-state index is 0.0151. The first-order valence-electron chi connectivity index (χ1n) is 11.6. The molecule has 1 aliphatic rings. The molecule has 0 aromatic heterocycles. The van der Waals surface area contributed by atoms with E-state index in [-0.39, 0.29) is 10.8 Å². The largest absolute Gasteiger partial charge is 0.463 e. The molecule has 5 atom stereocenters. The Morgan fingerprint density at radius 1 is 0.775 bits per heavy atom. The summed E-state index contributed by atoms with van der Waals surface area (Å²) in [5.41, 5.74) is -1.39. The summed E-state index contributed by atoms with van der Waals surface area (Å²) in [5.74, 6) is -3.89. The zero-order valence-corrected chi connectivity index (χ0v) is 21.6. The number of carbonyl (C=O) groups is 4. The fourth-order valence-electron chi connectivity index (χ4n) is 4.13. The maximum atomic E-state index is 12.0. The molecule has 2 aromatic carbocycles. The number of nitrogens with zero attached hydrogens (tertiary/aromatic N) is 2. The summed E-state index contributed by atoms with van der Waals surface area (Å²) in [5, 5.41) is 23.5. The number of ether oxygens (including phenoxy) is 6. The van der Waals surface area contributed by atoms with Gasteiger partial charge in [0, 0.05) is 33.1 Å². The summed E-state index contributed by atoms with van der Waals surface area (Å²) in [4.78, 5) is 69.3. The van der Waals surface area contributed by atoms with Crippen molar-refractivity contribution < 1.29 is 57.4 Å². The van der Waals surface area contributed by atoms with E-state index >= 15 is 0 Å². The van der Waals surface area contributed by atoms with Crippen LogP contribution in [0.15, 0.2) is 30.3 Å². The molecule has 1 fully saturated rings. The molecule has 0 saturated carbocycles. The average molecular weight is 564 g/mol. The quantitative estimate of drug-likeness (QED) is 0.185. The molecule has 214 valence electrons. The molecule has 0 N–H and O–H groups in total. The molecule has 1 saturated heterocycles. The van der Waals surface area contributed by atoms with Gasteiger partial charge in [-0.15, -0.1) is 0 Å². The van der Waals surface area contributed by atoms with E-state index in [9.17, 15) is 39.4 Å². The average Bonchev–Trinajstić information content (AvgIpc) is 2.85. The number of carbonyl (C=O) groups excluding carboxylic acids is 4. The van der Waals surface area contributed by atoms with Crippen LogP contribution < -0.4 is 4.74 Å². The van der Waals surface area contributed by atoms with Crippen LogP contribution in [0.4, 0.5) is 11.4 Å². The zero-order valence-electron chi connectivity index (χ0n) is 21.6. The van der Waals surface area contributed by atoms with E-state index in [2.05, 4.69) is 0 Å². The monoisotopic (exact) mass is 564 g/mol. The minimum Gasteiger partial charge on any atom is -0.463 e. The number of benzene rings is 2. The van der Waals surface area contributed by atoms with Gasteiger partial charge in [0.1, 0.15) is 12.7 Å². The van der Waals surface area contributed by atoms with Crippen molar-refractivity contribution in [3.8, 4) is 5.75 Å². The van der Waals surface area contributed by atoms with E-state index in [1.54, 1.807) is 0 Å². The Labute approximate surface area is 225 Å². The Kier molecular flexibility index (Phi) is 9.15. The van der Waals surface area contributed by atoms with Crippen LogP contribution in [-0.2, 0) is 42.9 Å². The molecule has 0 amide bonds. The molecule has 0 bridgehead atoms. The van der Waals surface area contributed by atoms with Gasteiger partial charge in [-0.05, 0) is 6.07 Å². The highest BCUT2D eigenvalue weighted by atomic mass is 16.7. The highest BCUT2D eigenvalue weighted by Gasteiger charge is 2.54. The Hall–Kier alpha value is -4.86. The van der Waals surface area contributed by atoms with Crippen molar-refractivity contribution in [1.29, 1.82) is 0 Å². The molecule has 0 spiro atoms. The summed E-state index contributed by atoms with van der Waals surface area (Å²) in [6.07, 6.45) is -7.91. The van der Waals surface area contributed by atoms with E-state index in [1.165, 1.54) is 24.3 Å². The number of rotatable bonds is 9. The summed E-state index contributed by atoms with van der Waals surface area (Å²) >= 11 is 0. The molecule has 2 aromatic rings. The predicted molar refractivity (Wildman–Crippen MR) is 130 cm³/mol. The van der Waals surface area contributed by atoms with Gasteiger partial charge in [-0.1, -0.05) is 18.2 Å². The first-order valence-corrected chi connectivity index (χ1v) is 11.6. The minimum atomic E-state index is -1.79. The summed E-state index contributed by atoms with van der Waals surface area (Å²) < 4.78 is 32.6. The molecule has 16 nitrogen and oxygen atoms in total. The summed E-state index contributed by atoms with van der Waals surface area (Å²) in [6, 6.07) is 6.30. The van der Waals surface area contributed by atoms with Gasteiger partial charge in [-0.3, -0.25) is 39.4 Å². The lowest BCUT2D eigenvalue weighted by Crippen LogP contribution is -2.63. The van der Waals surface area contributed by atoms with E-state index in [0.717, 1.165) is 27.7 Å². The molecule has 40 heavy (non-hydrogen) atoms. The van der Waals surface area contributed by atoms with Crippen LogP contribution >= 0.6 is 0 Å². The fourth-order valence-corrected chi connectivity index (χ4v) is 4.13. The van der Waals surface area contributed by atoms with Crippen LogP contribution in [0.1, 0.15) is 27.7 Å². The second-order valence-corrected chi connectivity index (χ2v) is 8.49. The Morgan fingerprint density at radius 3 is 1.82 bits per heavy atom. The maximum absolute atomic E-state index is 12.0. The van der Waals surface area contributed by atoms with Crippen molar-refractivity contribution in [2.75, 3.05) is 6.61 Å². The SMILES string of the molecule is CC(=O)OCC1OC(Oc2c([N+](=O)[O-])cc([N+](=O)[O-])c3ccccc23)C(OC(C)=O)C(OC(C)=O)C1OC(C)=O. The lowest BCUT2D eigenvalue weighted by atomic mass is 9.98. The molecule has 16 heteroatoms. The van der Waals surface area contributed by atoms with Crippen molar-refractivity contribution >= 4 is 46.0 Å². The number of esters is 4. The molecule has 0 aliphatic carbocycles. The second kappa shape index (κ2) is 12.3. The summed E-state index contributed by atoms with van der Waals surface area (Å²) in [6.45, 7) is 3.62. The third kappa shape index (κ3) is 6.76. The van der Waals surface area contributed by atoms with Crippen LogP contribution in [0.2, 0.25) is 0 Å². The van der Waals surface area contributed by atoms with Crippen molar-refractivity contribution in [2.24, 2.45) is 0 Å². The lowest BCUT2D eigenvalue weighted by Gasteiger charge is -2.43. The topological polar surface area (TPSA) is 210 Å². The number of fused-ring (bicyclic) bond motifs is 1. The fraction of sp³-hybridized carbons (Fsp3) is 0.417. The highest BCUT2D eigenvalue weighted by molar-refractivity contribution is 5.98. The van der Waals surface area contributed by atoms with Gasteiger partial charge < -0.3 is 28.4 Å². The molecule has 3 rings (SSSR count). The van der Waals surface area contributed by atoms with E-state index in [1.807, 2.05) is 0 Å². The van der Waals surface area contributed by atoms with Crippen molar-refractivity contribution in [1.82, 2.24) is 0 Å². The number of nitro groups is 2.